The molecule has 4 atom stereocenters. The van der Waals surface area contributed by atoms with E-state index in [0.717, 1.165) is 114 Å². The number of rotatable bonds is 18. The van der Waals surface area contributed by atoms with Gasteiger partial charge in [0.15, 0.2) is 0 Å². The first kappa shape index (κ1) is 96.9. The Morgan fingerprint density at radius 1 is 0.421 bits per heavy atom. The fourth-order valence-electron chi connectivity index (χ4n) is 18.2. The third kappa shape index (κ3) is 28.9. The number of carbonyl (C=O) groups excluding carboxylic acids is 1. The number of sulfonamides is 2. The zero-order valence-corrected chi connectivity index (χ0v) is 80.3. The molecule has 9 aliphatic rings. The molecular weight excluding hydrogens is 1570 g/mol. The summed E-state index contributed by atoms with van der Waals surface area (Å²) in [5.41, 5.74) is 30.0. The summed E-state index contributed by atoms with van der Waals surface area (Å²) in [5, 5.41) is 0. The van der Waals surface area contributed by atoms with Gasteiger partial charge in [-0.3, -0.25) is 18.9 Å². The fourth-order valence-corrected chi connectivity index (χ4v) is 21.8. The van der Waals surface area contributed by atoms with Gasteiger partial charge >= 0.3 is 0 Å². The molecule has 7 aromatic rings. The van der Waals surface area contributed by atoms with E-state index in [1.807, 2.05) is 0 Å². The van der Waals surface area contributed by atoms with Crippen LogP contribution in [-0.2, 0) is 140 Å². The molecule has 2 fully saturated rings. The van der Waals surface area contributed by atoms with E-state index in [4.69, 9.17) is 22.5 Å². The molecular formula is C104H148N6O7S4. The lowest BCUT2D eigenvalue weighted by atomic mass is 9.80. The summed E-state index contributed by atoms with van der Waals surface area (Å²) in [7, 11) is -8.13. The molecule has 0 N–H and O–H groups in total. The molecule has 121 heavy (non-hydrogen) atoms. The molecule has 0 amide bonds. The van der Waals surface area contributed by atoms with Crippen LogP contribution in [0.15, 0.2) is 127 Å². The zero-order valence-electron chi connectivity index (χ0n) is 77.1. The molecule has 4 unspecified atom stereocenters. The van der Waals surface area contributed by atoms with Gasteiger partial charge in [-0.2, -0.15) is 8.61 Å². The highest BCUT2D eigenvalue weighted by Crippen LogP contribution is 2.37. The molecule has 3 aliphatic carbocycles. The lowest BCUT2D eigenvalue weighted by molar-refractivity contribution is -0.118. The number of hydrogen-bond donors (Lipinski definition) is 0. The average Bonchev–Trinajstić information content (AvgIpc) is 1.78. The van der Waals surface area contributed by atoms with Gasteiger partial charge in [-0.05, 0) is 285 Å². The van der Waals surface area contributed by atoms with Gasteiger partial charge in [0.2, 0.25) is 26.6 Å². The van der Waals surface area contributed by atoms with Crippen LogP contribution < -0.4 is 0 Å². The first-order valence-corrected chi connectivity index (χ1v) is 52.5. The summed E-state index contributed by atoms with van der Waals surface area (Å²) >= 11 is 5.05. The highest BCUT2D eigenvalue weighted by atomic mass is 32.8. The topological polar surface area (TPSA) is 132 Å². The standard InChI is InChI=1S/C16H23NO.C16H22O.C15H20N2.C15H21N.C15H22OS2.C14H21NO2S.C13H19NO2S/c1-12(2)13-3-4-15-10-17(7-5-14(15)9-13)16-6-8-18-11-16;1-11(2)14-6-7-15-9-13(8-12(3)17)4-5-16(15)10-14;1-12(2)13-4-5-15-11-17(9-7-16-3)8-6-14(15)10-13;1-11(2)12-3-4-14-10-16(15-5-6-15)8-7-13(14)9-12;1-11(2)13-6-7-14-8-12(10-18(3,16)17)4-5-15(14)9-13;1-4-18(16,17)15-8-7-13-9-12(11(2)3)5-6-14(13)10-15;1-10(2)11-4-5-13-9-14(17(3,15)16)7-6-12(13)8-11/h3-4,9,12,16H,5-8,10-11H2,1-2H3;6-7,10-11,13H,4-5,8-9H2,1-3H3;4-5,10,12H,6-9,11H2,1-2H3;3-4,9,11,15H,5-8,10H2,1-2H3;6-7,9,11-12H,4-5,8,10H2,1-3H3;5-6,9,11H,4,7-8,10H2,1-3H3;4-5,8,10H,6-7,9H2,1-3H3. The van der Waals surface area contributed by atoms with E-state index in [-0.39, 0.29) is 5.75 Å². The van der Waals surface area contributed by atoms with E-state index in [2.05, 4.69) is 244 Å². The first-order chi connectivity index (χ1) is 57.4. The maximum Gasteiger partial charge on any atom is 0.227 e. The molecule has 6 aliphatic heterocycles. The number of fused-ring (bicyclic) bond motifs is 7. The van der Waals surface area contributed by atoms with Gasteiger partial charge in [-0.15, -0.1) is 0 Å². The number of nitrogens with zero attached hydrogens (tertiary/aromatic N) is 6. The van der Waals surface area contributed by atoms with Crippen molar-refractivity contribution in [2.45, 2.75) is 293 Å². The van der Waals surface area contributed by atoms with Crippen molar-refractivity contribution in [2.24, 2.45) is 11.8 Å². The van der Waals surface area contributed by atoms with Crippen molar-refractivity contribution < 1.29 is 30.6 Å². The van der Waals surface area contributed by atoms with Crippen LogP contribution in [0.1, 0.15) is 308 Å². The summed E-state index contributed by atoms with van der Waals surface area (Å²) in [6, 6.07) is 49.2. The van der Waals surface area contributed by atoms with Gasteiger partial charge in [0, 0.05) is 111 Å². The Morgan fingerprint density at radius 2 is 0.760 bits per heavy atom. The van der Waals surface area contributed by atoms with E-state index < -0.39 is 28.5 Å². The maximum absolute atomic E-state index is 11.9. The minimum absolute atomic E-state index is 0.187. The van der Waals surface area contributed by atoms with Crippen LogP contribution in [0, 0.1) is 18.4 Å². The van der Waals surface area contributed by atoms with Gasteiger partial charge in [0.05, 0.1) is 25.2 Å². The number of hydrogen-bond acceptors (Lipinski definition) is 11. The minimum atomic E-state index is -3.06. The van der Waals surface area contributed by atoms with Crippen molar-refractivity contribution in [1.82, 2.24) is 23.3 Å². The lowest BCUT2D eigenvalue weighted by Gasteiger charge is -2.33. The lowest BCUT2D eigenvalue weighted by Crippen LogP contribution is -2.39. The number of carbonyl (C=O) groups is 1. The molecule has 17 heteroatoms. The van der Waals surface area contributed by atoms with Crippen molar-refractivity contribution in [2.75, 3.05) is 83.0 Å². The van der Waals surface area contributed by atoms with E-state index in [1.165, 1.54) is 153 Å². The van der Waals surface area contributed by atoms with Gasteiger partial charge in [0.1, 0.15) is 5.78 Å². The SMILES string of the molecule is CC(=O)CC1CCc2cc(C(C)C)ccc2C1.CC(C)c1ccc2c(c1)CCC(CS(C)(=O)=S)C2.CC(C)c1ccc2c(c1)CCN(C1CC1)C2.CC(C)c1ccc2c(c1)CCN(C1CCOC1)C2.CC(C)c1ccc2c(c1)CCN(S(C)(=O)=O)C2.CCS(=O)(=O)N1CCc2cc(C(C)C)ccc2C1.[C-]#[N+]CCN1CCc2cc(C(C)C)ccc2C1. The van der Waals surface area contributed by atoms with Crippen LogP contribution in [0.4, 0.5) is 0 Å². The first-order valence-electron chi connectivity index (χ1n) is 45.9. The molecule has 6 heterocycles. The van der Waals surface area contributed by atoms with E-state index in [9.17, 15) is 25.8 Å². The van der Waals surface area contributed by atoms with Crippen LogP contribution in [-0.4, -0.2) is 145 Å². The number of benzene rings is 7. The van der Waals surface area contributed by atoms with Crippen molar-refractivity contribution in [3.8, 4) is 0 Å². The monoisotopic (exact) mass is 1720 g/mol. The number of ketones is 1. The van der Waals surface area contributed by atoms with Crippen LogP contribution in [0.2, 0.25) is 0 Å². The normalized spacial score (nSPS) is 19.6. The Kier molecular flexibility index (Phi) is 35.8. The number of Topliss-reactive ketones (excluding diaryl/α,β-unsaturated/α-hetero) is 1. The molecule has 0 bridgehead atoms. The van der Waals surface area contributed by atoms with Crippen molar-refractivity contribution >= 4 is 45.5 Å². The molecule has 13 nitrogen and oxygen atoms in total. The van der Waals surface area contributed by atoms with Gasteiger partial charge in [0.25, 0.3) is 0 Å². The predicted molar refractivity (Wildman–Crippen MR) is 510 cm³/mol. The van der Waals surface area contributed by atoms with Crippen molar-refractivity contribution in [3.63, 3.8) is 0 Å². The number of ether oxygens (including phenoxy) is 1. The molecule has 7 aromatic carbocycles. The Bertz CT molecular complexity index is 4990. The van der Waals surface area contributed by atoms with E-state index in [0.29, 0.717) is 104 Å². The molecule has 1 saturated carbocycles. The summed E-state index contributed by atoms with van der Waals surface area (Å²) in [4.78, 5) is 22.2. The smallest absolute Gasteiger partial charge is 0.227 e. The third-order valence-corrected chi connectivity index (χ3v) is 31.0. The molecule has 660 valence electrons. The molecule has 0 spiro atoms. The molecule has 0 radical (unpaired) electrons. The summed E-state index contributed by atoms with van der Waals surface area (Å²) in [5.74, 6) is 6.45. The van der Waals surface area contributed by atoms with Crippen molar-refractivity contribution in [1.29, 1.82) is 0 Å². The fraction of sp³-hybridized carbons (Fsp3) is 0.577. The quantitative estimate of drug-likeness (QED) is 0.0761. The van der Waals surface area contributed by atoms with Gasteiger partial charge in [-0.1, -0.05) is 224 Å². The van der Waals surface area contributed by atoms with Crippen LogP contribution in [0.25, 0.3) is 4.85 Å². The van der Waals surface area contributed by atoms with Crippen LogP contribution >= 0.6 is 0 Å². The largest absolute Gasteiger partial charge is 0.380 e. The maximum atomic E-state index is 11.9. The predicted octanol–water partition coefficient (Wildman–Crippen LogP) is 21.2. The average molecular weight is 1720 g/mol. The zero-order chi connectivity index (χ0) is 87.6. The van der Waals surface area contributed by atoms with Gasteiger partial charge < -0.3 is 14.4 Å². The highest BCUT2D eigenvalue weighted by molar-refractivity contribution is 8.32. The molecule has 1 saturated heterocycles. The molecule has 16 rings (SSSR count). The second-order valence-corrected chi connectivity index (χ2v) is 47.0. The number of aryl methyl sites for hydroxylation is 2. The highest BCUT2D eigenvalue weighted by Gasteiger charge is 2.33. The van der Waals surface area contributed by atoms with Crippen LogP contribution in [0.3, 0.4) is 0 Å². The Morgan fingerprint density at radius 3 is 1.12 bits per heavy atom. The van der Waals surface area contributed by atoms with E-state index in [1.54, 1.807) is 45.4 Å². The Hall–Kier alpha value is -6.27. The van der Waals surface area contributed by atoms with E-state index >= 15 is 0 Å². The summed E-state index contributed by atoms with van der Waals surface area (Å²) < 4.78 is 67.1. The summed E-state index contributed by atoms with van der Waals surface area (Å²) in [6.45, 7) is 54.1. The molecule has 0 aromatic heterocycles. The Labute approximate surface area is 738 Å². The summed E-state index contributed by atoms with van der Waals surface area (Å²) in [6.07, 6.45) is 19.8. The second kappa shape index (κ2) is 44.7. The Balaban J connectivity index is 0.000000148. The van der Waals surface area contributed by atoms with Crippen molar-refractivity contribution in [3.05, 3.63) is 256 Å². The van der Waals surface area contributed by atoms with Crippen LogP contribution in [0.5, 0.6) is 0 Å². The minimum Gasteiger partial charge on any atom is -0.380 e. The second-order valence-electron chi connectivity index (χ2n) is 38.4. The third-order valence-electron chi connectivity index (χ3n) is 26.4. The van der Waals surface area contributed by atoms with Gasteiger partial charge in [-0.25, -0.2) is 23.4 Å².